The Hall–Kier alpha value is -3.53. The van der Waals surface area contributed by atoms with Crippen molar-refractivity contribution in [1.82, 2.24) is 15.0 Å². The van der Waals surface area contributed by atoms with Crippen LogP contribution >= 0.6 is 0 Å². The Balaban J connectivity index is 1.97. The van der Waals surface area contributed by atoms with Gasteiger partial charge in [-0.25, -0.2) is 23.4 Å². The fourth-order valence-corrected chi connectivity index (χ4v) is 3.34. The predicted molar refractivity (Wildman–Crippen MR) is 117 cm³/mol. The van der Waals surface area contributed by atoms with Crippen LogP contribution in [-0.4, -0.2) is 43.0 Å². The van der Waals surface area contributed by atoms with E-state index in [0.717, 1.165) is 11.9 Å². The Bertz CT molecular complexity index is 1180. The van der Waals surface area contributed by atoms with E-state index >= 15 is 0 Å². The van der Waals surface area contributed by atoms with Crippen LogP contribution in [0.5, 0.6) is 0 Å². The van der Waals surface area contributed by atoms with Crippen LogP contribution in [0, 0.1) is 13.8 Å². The smallest absolute Gasteiger partial charge is 0.232 e. The second-order valence-electron chi connectivity index (χ2n) is 6.71. The molecule has 3 rings (SSSR count). The van der Waals surface area contributed by atoms with Crippen molar-refractivity contribution in [3.05, 3.63) is 59.7 Å². The van der Waals surface area contributed by atoms with Crippen LogP contribution < -0.4 is 14.9 Å². The molecule has 0 bridgehead atoms. The first-order valence-electron chi connectivity index (χ1n) is 9.02. The average molecular weight is 427 g/mol. The summed E-state index contributed by atoms with van der Waals surface area (Å²) in [5, 5.41) is 6.24. The van der Waals surface area contributed by atoms with Crippen LogP contribution in [0.2, 0.25) is 0 Å². The van der Waals surface area contributed by atoms with Crippen molar-refractivity contribution in [2.24, 2.45) is 0 Å². The molecule has 0 aliphatic carbocycles. The minimum atomic E-state index is -3.46. The van der Waals surface area contributed by atoms with E-state index in [0.29, 0.717) is 46.4 Å². The molecule has 1 aromatic carbocycles. The number of carbonyl (C=O) groups is 1. The number of aromatic nitrogens is 3. The highest BCUT2D eigenvalue weighted by Crippen LogP contribution is 2.31. The maximum absolute atomic E-state index is 12.0. The zero-order valence-corrected chi connectivity index (χ0v) is 17.9. The normalized spacial score (nSPS) is 11.1. The lowest BCUT2D eigenvalue weighted by molar-refractivity contribution is 0.112. The number of nitrogens with zero attached hydrogens (tertiary/aromatic N) is 4. The van der Waals surface area contributed by atoms with Crippen molar-refractivity contribution < 1.29 is 13.2 Å². The number of pyridine rings is 1. The minimum absolute atomic E-state index is 0.326. The summed E-state index contributed by atoms with van der Waals surface area (Å²) in [6.07, 6.45) is 3.24. The van der Waals surface area contributed by atoms with Crippen molar-refractivity contribution in [2.75, 3.05) is 28.2 Å². The zero-order chi connectivity index (χ0) is 21.9. The van der Waals surface area contributed by atoms with Crippen molar-refractivity contribution in [3.8, 4) is 0 Å². The van der Waals surface area contributed by atoms with E-state index in [1.165, 1.54) is 17.5 Å². The molecule has 30 heavy (non-hydrogen) atoms. The van der Waals surface area contributed by atoms with Crippen LogP contribution in [-0.2, 0) is 10.0 Å². The van der Waals surface area contributed by atoms with Crippen LogP contribution in [0.15, 0.2) is 42.6 Å². The number of rotatable bonds is 7. The molecule has 0 saturated carbocycles. The molecule has 0 atom stereocenters. The fraction of sp³-hybridized carbons (Fsp3) is 0.200. The molecule has 2 aromatic heterocycles. The van der Waals surface area contributed by atoms with Gasteiger partial charge in [0.15, 0.2) is 6.29 Å². The molecule has 2 heterocycles. The number of hydrogen-bond donors (Lipinski definition) is 2. The second-order valence-corrected chi connectivity index (χ2v) is 8.73. The molecule has 0 saturated heterocycles. The SMILES string of the molecule is Cc1cc(Nc2cc(Nc3ccccc3N(C)S(C)(=O)=O)c(C=O)cn2)nc(C)n1. The maximum atomic E-state index is 12.0. The summed E-state index contributed by atoms with van der Waals surface area (Å²) in [5.41, 5.74) is 2.59. The zero-order valence-electron chi connectivity index (χ0n) is 17.0. The van der Waals surface area contributed by atoms with Gasteiger partial charge < -0.3 is 10.6 Å². The molecule has 0 aliphatic heterocycles. The highest BCUT2D eigenvalue weighted by atomic mass is 32.2. The summed E-state index contributed by atoms with van der Waals surface area (Å²) in [7, 11) is -1.99. The minimum Gasteiger partial charge on any atom is -0.353 e. The number of nitrogens with one attached hydrogen (secondary N) is 2. The monoisotopic (exact) mass is 426 g/mol. The lowest BCUT2D eigenvalue weighted by atomic mass is 10.2. The molecule has 9 nitrogen and oxygen atoms in total. The number of carbonyl (C=O) groups excluding carboxylic acids is 1. The van der Waals surface area contributed by atoms with Gasteiger partial charge in [0, 0.05) is 31.1 Å². The van der Waals surface area contributed by atoms with Gasteiger partial charge in [0.25, 0.3) is 0 Å². The van der Waals surface area contributed by atoms with E-state index in [2.05, 4.69) is 25.6 Å². The van der Waals surface area contributed by atoms with Crippen molar-refractivity contribution in [1.29, 1.82) is 0 Å². The third-order valence-corrected chi connectivity index (χ3v) is 5.49. The molecule has 10 heteroatoms. The van der Waals surface area contributed by atoms with Gasteiger partial charge in [-0.15, -0.1) is 0 Å². The van der Waals surface area contributed by atoms with Gasteiger partial charge in [0.1, 0.15) is 17.5 Å². The third-order valence-electron chi connectivity index (χ3n) is 4.29. The topological polar surface area (TPSA) is 117 Å². The van der Waals surface area contributed by atoms with Crippen molar-refractivity contribution in [3.63, 3.8) is 0 Å². The van der Waals surface area contributed by atoms with Crippen molar-refractivity contribution >= 4 is 45.0 Å². The lowest BCUT2D eigenvalue weighted by Crippen LogP contribution is -2.25. The molecule has 0 spiro atoms. The summed E-state index contributed by atoms with van der Waals surface area (Å²) in [6.45, 7) is 3.66. The number of aldehydes is 1. The number of benzene rings is 1. The van der Waals surface area contributed by atoms with E-state index in [9.17, 15) is 13.2 Å². The number of para-hydroxylation sites is 2. The molecule has 0 radical (unpaired) electrons. The predicted octanol–water partition coefficient (Wildman–Crippen LogP) is 3.18. The number of anilines is 5. The van der Waals surface area contributed by atoms with Gasteiger partial charge in [-0.05, 0) is 26.0 Å². The quantitative estimate of drug-likeness (QED) is 0.553. The standard InChI is InChI=1S/C20H22N6O3S/c1-13-9-20(23-14(2)22-13)25-19-10-17(15(12-27)11-21-19)24-16-7-5-6-8-18(16)26(3)30(4,28)29/h5-12H,1-4H3,(H2,21,22,23,24,25). The third kappa shape index (κ3) is 4.90. The second kappa shape index (κ2) is 8.46. The Morgan fingerprint density at radius 2 is 1.73 bits per heavy atom. The van der Waals surface area contributed by atoms with Gasteiger partial charge in [-0.1, -0.05) is 12.1 Å². The molecule has 156 valence electrons. The van der Waals surface area contributed by atoms with E-state index < -0.39 is 10.0 Å². The molecule has 2 N–H and O–H groups in total. The van der Waals surface area contributed by atoms with Gasteiger partial charge >= 0.3 is 0 Å². The fourth-order valence-electron chi connectivity index (χ4n) is 2.83. The van der Waals surface area contributed by atoms with Gasteiger partial charge in [-0.3, -0.25) is 9.10 Å². The lowest BCUT2D eigenvalue weighted by Gasteiger charge is -2.21. The molecule has 0 unspecified atom stereocenters. The first-order chi connectivity index (χ1) is 14.2. The van der Waals surface area contributed by atoms with Crippen LogP contribution in [0.1, 0.15) is 21.9 Å². The van der Waals surface area contributed by atoms with E-state index in [4.69, 9.17) is 0 Å². The van der Waals surface area contributed by atoms with Gasteiger partial charge in [0.05, 0.1) is 28.9 Å². The van der Waals surface area contributed by atoms with Crippen molar-refractivity contribution in [2.45, 2.75) is 13.8 Å². The highest BCUT2D eigenvalue weighted by molar-refractivity contribution is 7.92. The van der Waals surface area contributed by atoms with E-state index in [1.807, 2.05) is 6.92 Å². The van der Waals surface area contributed by atoms with Gasteiger partial charge in [0.2, 0.25) is 10.0 Å². The largest absolute Gasteiger partial charge is 0.353 e. The van der Waals surface area contributed by atoms with Crippen LogP contribution in [0.25, 0.3) is 0 Å². The number of aryl methyl sites for hydroxylation is 2. The van der Waals surface area contributed by atoms with Gasteiger partial charge in [-0.2, -0.15) is 0 Å². The molecular weight excluding hydrogens is 404 g/mol. The Labute approximate surface area is 175 Å². The summed E-state index contributed by atoms with van der Waals surface area (Å²) < 4.78 is 25.1. The summed E-state index contributed by atoms with van der Waals surface area (Å²) in [6, 6.07) is 10.4. The molecule has 0 amide bonds. The summed E-state index contributed by atoms with van der Waals surface area (Å²) >= 11 is 0. The van der Waals surface area contributed by atoms with E-state index in [1.54, 1.807) is 43.3 Å². The number of hydrogen-bond acceptors (Lipinski definition) is 8. The Morgan fingerprint density at radius 3 is 2.40 bits per heavy atom. The Morgan fingerprint density at radius 1 is 1.00 bits per heavy atom. The summed E-state index contributed by atoms with van der Waals surface area (Å²) in [4.78, 5) is 24.3. The van der Waals surface area contributed by atoms with Crippen LogP contribution in [0.4, 0.5) is 28.7 Å². The summed E-state index contributed by atoms with van der Waals surface area (Å²) in [5.74, 6) is 1.67. The van der Waals surface area contributed by atoms with E-state index in [-0.39, 0.29) is 0 Å². The molecule has 0 aliphatic rings. The Kier molecular flexibility index (Phi) is 5.97. The highest BCUT2D eigenvalue weighted by Gasteiger charge is 2.16. The first kappa shape index (κ1) is 21.2. The molecule has 0 fully saturated rings. The maximum Gasteiger partial charge on any atom is 0.232 e. The van der Waals surface area contributed by atoms with Crippen LogP contribution in [0.3, 0.4) is 0 Å². The first-order valence-corrected chi connectivity index (χ1v) is 10.9. The average Bonchev–Trinajstić information content (AvgIpc) is 2.66. The number of sulfonamides is 1. The molecule has 3 aromatic rings. The molecular formula is C20H22N6O3S.